The molecule has 2 aromatic carbocycles. The van der Waals surface area contributed by atoms with Crippen LogP contribution in [0.25, 0.3) is 6.08 Å². The number of ether oxygens (including phenoxy) is 2. The van der Waals surface area contributed by atoms with Gasteiger partial charge in [0.1, 0.15) is 5.82 Å². The van der Waals surface area contributed by atoms with E-state index in [-0.39, 0.29) is 0 Å². The summed E-state index contributed by atoms with van der Waals surface area (Å²) in [5.41, 5.74) is 1.46. The van der Waals surface area contributed by atoms with E-state index in [2.05, 4.69) is 10.1 Å². The van der Waals surface area contributed by atoms with Gasteiger partial charge in [-0.2, -0.15) is 0 Å². The molecule has 1 N–H and O–H groups in total. The molecule has 0 spiro atoms. The van der Waals surface area contributed by atoms with E-state index in [0.717, 1.165) is 0 Å². The van der Waals surface area contributed by atoms with E-state index in [1.54, 1.807) is 24.3 Å². The largest absolute Gasteiger partial charge is 0.465 e. The van der Waals surface area contributed by atoms with Crippen molar-refractivity contribution in [1.29, 1.82) is 0 Å². The topological polar surface area (TPSA) is 81.7 Å². The summed E-state index contributed by atoms with van der Waals surface area (Å²) in [4.78, 5) is 35.2. The monoisotopic (exact) mass is 371 g/mol. The third-order valence-electron chi connectivity index (χ3n) is 3.52. The zero-order valence-electron chi connectivity index (χ0n) is 14.8. The fourth-order valence-corrected chi connectivity index (χ4v) is 2.06. The van der Waals surface area contributed by atoms with Crippen molar-refractivity contribution in [2.75, 3.05) is 12.4 Å². The van der Waals surface area contributed by atoms with Crippen molar-refractivity contribution in [3.8, 4) is 0 Å². The highest BCUT2D eigenvalue weighted by Gasteiger charge is 2.16. The Morgan fingerprint density at radius 2 is 1.67 bits per heavy atom. The number of anilines is 1. The number of esters is 2. The molecular weight excluding hydrogens is 353 g/mol. The molecule has 0 fully saturated rings. The van der Waals surface area contributed by atoms with Crippen LogP contribution >= 0.6 is 0 Å². The third-order valence-corrected chi connectivity index (χ3v) is 3.52. The maximum Gasteiger partial charge on any atom is 0.337 e. The van der Waals surface area contributed by atoms with E-state index in [1.165, 1.54) is 50.5 Å². The first-order chi connectivity index (χ1) is 12.9. The molecule has 0 unspecified atom stereocenters. The second-order valence-electron chi connectivity index (χ2n) is 5.52. The first kappa shape index (κ1) is 19.8. The normalized spacial score (nSPS) is 11.7. The third kappa shape index (κ3) is 6.07. The minimum Gasteiger partial charge on any atom is -0.465 e. The molecule has 1 amide bonds. The van der Waals surface area contributed by atoms with E-state index in [4.69, 9.17) is 4.74 Å². The second kappa shape index (κ2) is 9.28. The zero-order chi connectivity index (χ0) is 19.8. The van der Waals surface area contributed by atoms with Crippen LogP contribution in [0.4, 0.5) is 10.1 Å². The van der Waals surface area contributed by atoms with Gasteiger partial charge in [0.2, 0.25) is 0 Å². The van der Waals surface area contributed by atoms with Gasteiger partial charge in [-0.25, -0.2) is 14.0 Å². The second-order valence-corrected chi connectivity index (χ2v) is 5.52. The van der Waals surface area contributed by atoms with Crippen LogP contribution in [-0.4, -0.2) is 31.1 Å². The van der Waals surface area contributed by atoms with Crippen LogP contribution in [0.2, 0.25) is 0 Å². The van der Waals surface area contributed by atoms with Crippen LogP contribution < -0.4 is 5.32 Å². The van der Waals surface area contributed by atoms with Crippen molar-refractivity contribution in [1.82, 2.24) is 0 Å². The minimum absolute atomic E-state index is 0.392. The molecule has 1 atom stereocenters. The van der Waals surface area contributed by atoms with Crippen LogP contribution in [-0.2, 0) is 19.1 Å². The summed E-state index contributed by atoms with van der Waals surface area (Å²) in [6.07, 6.45) is 1.64. The lowest BCUT2D eigenvalue weighted by molar-refractivity contribution is -0.148. The number of benzene rings is 2. The molecule has 0 aliphatic rings. The molecule has 140 valence electrons. The quantitative estimate of drug-likeness (QED) is 0.623. The van der Waals surface area contributed by atoms with Gasteiger partial charge in [-0.15, -0.1) is 0 Å². The van der Waals surface area contributed by atoms with Gasteiger partial charge >= 0.3 is 11.9 Å². The number of halogens is 1. The average molecular weight is 371 g/mol. The van der Waals surface area contributed by atoms with Gasteiger partial charge in [0.05, 0.1) is 12.7 Å². The molecule has 0 heterocycles. The maximum absolute atomic E-state index is 12.8. The Bertz CT molecular complexity index is 844. The van der Waals surface area contributed by atoms with Crippen molar-refractivity contribution in [3.05, 3.63) is 71.6 Å². The number of nitrogens with one attached hydrogen (secondary N) is 1. The predicted molar refractivity (Wildman–Crippen MR) is 97.4 cm³/mol. The molecule has 7 heteroatoms. The summed E-state index contributed by atoms with van der Waals surface area (Å²) in [5.74, 6) is -2.11. The van der Waals surface area contributed by atoms with E-state index in [0.29, 0.717) is 16.8 Å². The Balaban J connectivity index is 1.88. The van der Waals surface area contributed by atoms with Gasteiger partial charge in [-0.1, -0.05) is 12.1 Å². The van der Waals surface area contributed by atoms with Gasteiger partial charge in [0.15, 0.2) is 6.10 Å². The van der Waals surface area contributed by atoms with Crippen LogP contribution in [0.5, 0.6) is 0 Å². The molecule has 0 saturated heterocycles. The van der Waals surface area contributed by atoms with Gasteiger partial charge < -0.3 is 14.8 Å². The fraction of sp³-hybridized carbons (Fsp3) is 0.150. The van der Waals surface area contributed by atoms with E-state index < -0.39 is 29.8 Å². The zero-order valence-corrected chi connectivity index (χ0v) is 14.8. The van der Waals surface area contributed by atoms with Crippen LogP contribution in [0.15, 0.2) is 54.6 Å². The van der Waals surface area contributed by atoms with Crippen molar-refractivity contribution in [2.24, 2.45) is 0 Å². The number of rotatable bonds is 6. The van der Waals surface area contributed by atoms with Crippen LogP contribution in [0.1, 0.15) is 22.8 Å². The smallest absolute Gasteiger partial charge is 0.337 e. The molecule has 0 radical (unpaired) electrons. The molecule has 2 aromatic rings. The number of carbonyl (C=O) groups is 3. The highest BCUT2D eigenvalue weighted by Crippen LogP contribution is 2.10. The number of methoxy groups -OCH3 is 1. The average Bonchev–Trinajstić information content (AvgIpc) is 2.67. The van der Waals surface area contributed by atoms with Crippen LogP contribution in [0, 0.1) is 5.82 Å². The predicted octanol–water partition coefficient (Wildman–Crippen LogP) is 3.20. The van der Waals surface area contributed by atoms with Crippen molar-refractivity contribution < 1.29 is 28.2 Å². The van der Waals surface area contributed by atoms with Crippen molar-refractivity contribution in [2.45, 2.75) is 13.0 Å². The van der Waals surface area contributed by atoms with Crippen molar-refractivity contribution in [3.63, 3.8) is 0 Å². The summed E-state index contributed by atoms with van der Waals surface area (Å²) in [5, 5.41) is 2.52. The van der Waals surface area contributed by atoms with E-state index >= 15 is 0 Å². The Hall–Kier alpha value is -3.48. The van der Waals surface area contributed by atoms with Gasteiger partial charge in [0.25, 0.3) is 5.91 Å². The SMILES string of the molecule is COC(=O)c1ccc(/C=C/C(=O)O[C@H](C)C(=O)Nc2ccc(F)cc2)cc1. The number of hydrogen-bond acceptors (Lipinski definition) is 5. The Labute approximate surface area is 155 Å². The molecule has 0 saturated carbocycles. The van der Waals surface area contributed by atoms with Gasteiger partial charge in [0, 0.05) is 11.8 Å². The molecule has 0 aromatic heterocycles. The van der Waals surface area contributed by atoms with Gasteiger partial charge in [-0.05, 0) is 55.0 Å². The molecule has 0 bridgehead atoms. The molecule has 2 rings (SSSR count). The fourth-order valence-electron chi connectivity index (χ4n) is 2.06. The Kier molecular flexibility index (Phi) is 6.82. The minimum atomic E-state index is -1.03. The first-order valence-corrected chi connectivity index (χ1v) is 8.02. The number of amides is 1. The lowest BCUT2D eigenvalue weighted by Crippen LogP contribution is -2.29. The van der Waals surface area contributed by atoms with Crippen molar-refractivity contribution >= 4 is 29.6 Å². The molecule has 27 heavy (non-hydrogen) atoms. The molecule has 0 aliphatic carbocycles. The van der Waals surface area contributed by atoms with E-state index in [1.807, 2.05) is 0 Å². The van der Waals surface area contributed by atoms with Crippen LogP contribution in [0.3, 0.4) is 0 Å². The molecule has 6 nitrogen and oxygen atoms in total. The first-order valence-electron chi connectivity index (χ1n) is 8.02. The summed E-state index contributed by atoms with van der Waals surface area (Å²) in [6.45, 7) is 1.43. The summed E-state index contributed by atoms with van der Waals surface area (Å²) >= 11 is 0. The summed E-state index contributed by atoms with van der Waals surface area (Å²) < 4.78 is 22.5. The number of carbonyl (C=O) groups excluding carboxylic acids is 3. The number of hydrogen-bond donors (Lipinski definition) is 1. The molecule has 0 aliphatic heterocycles. The summed E-state index contributed by atoms with van der Waals surface area (Å²) in [7, 11) is 1.29. The highest BCUT2D eigenvalue weighted by atomic mass is 19.1. The lowest BCUT2D eigenvalue weighted by atomic mass is 10.1. The van der Waals surface area contributed by atoms with E-state index in [9.17, 15) is 18.8 Å². The molecular formula is C20H18FNO5. The summed E-state index contributed by atoms with van der Waals surface area (Å²) in [6, 6.07) is 11.6. The maximum atomic E-state index is 12.8. The Morgan fingerprint density at radius 3 is 2.26 bits per heavy atom. The standard InChI is InChI=1S/C20H18FNO5/c1-13(19(24)22-17-10-8-16(21)9-11-17)27-18(23)12-5-14-3-6-15(7-4-14)20(25)26-2/h3-13H,1-2H3,(H,22,24)/b12-5+/t13-/m1/s1. The highest BCUT2D eigenvalue weighted by molar-refractivity contribution is 5.96. The van der Waals surface area contributed by atoms with Gasteiger partial charge in [-0.3, -0.25) is 4.79 Å². The Morgan fingerprint density at radius 1 is 1.04 bits per heavy atom. The lowest BCUT2D eigenvalue weighted by Gasteiger charge is -2.12.